The second-order valence-corrected chi connectivity index (χ2v) is 8.37. The molecule has 4 aromatic rings. The minimum absolute atomic E-state index is 0.0690. The third-order valence-electron chi connectivity index (χ3n) is 4.12. The molecule has 140 valence electrons. The lowest BCUT2D eigenvalue weighted by molar-refractivity contribution is 0.102. The summed E-state index contributed by atoms with van der Waals surface area (Å²) in [6.07, 6.45) is 0. The molecular weight excluding hydrogens is 390 g/mol. The van der Waals surface area contributed by atoms with Crippen molar-refractivity contribution in [3.8, 4) is 11.5 Å². The van der Waals surface area contributed by atoms with Crippen molar-refractivity contribution < 1.29 is 14.6 Å². The van der Waals surface area contributed by atoms with Crippen molar-refractivity contribution in [2.24, 2.45) is 0 Å². The first kappa shape index (κ1) is 18.5. The molecule has 3 aromatic carbocycles. The number of ketones is 1. The monoisotopic (exact) mass is 407 g/mol. The molecular formula is C22H17NO3S2. The number of benzene rings is 3. The molecule has 0 amide bonds. The van der Waals surface area contributed by atoms with E-state index >= 15 is 0 Å². The number of ether oxygens (including phenoxy) is 1. The standard InChI is InChI=1S/C22H17NO3S2/c24-19-12-16(26-13-15-6-2-1-3-7-15)10-11-17(19)20(25)14-27-22-23-18-8-4-5-9-21(18)28-22/h1-12,24H,13-14H2. The zero-order valence-electron chi connectivity index (χ0n) is 14.9. The van der Waals surface area contributed by atoms with Crippen molar-refractivity contribution in [2.45, 2.75) is 10.9 Å². The Kier molecular flexibility index (Phi) is 5.60. The van der Waals surface area contributed by atoms with Crippen LogP contribution < -0.4 is 4.74 Å². The number of fused-ring (bicyclic) bond motifs is 1. The first-order valence-electron chi connectivity index (χ1n) is 8.70. The Morgan fingerprint density at radius 1 is 1.04 bits per heavy atom. The highest BCUT2D eigenvalue weighted by atomic mass is 32.2. The Balaban J connectivity index is 1.38. The highest BCUT2D eigenvalue weighted by Crippen LogP contribution is 2.31. The number of nitrogens with zero attached hydrogens (tertiary/aromatic N) is 1. The zero-order chi connectivity index (χ0) is 19.3. The summed E-state index contributed by atoms with van der Waals surface area (Å²) in [6, 6.07) is 22.5. The Bertz CT molecular complexity index is 1080. The largest absolute Gasteiger partial charge is 0.507 e. The van der Waals surface area contributed by atoms with Gasteiger partial charge in [0.2, 0.25) is 0 Å². The zero-order valence-corrected chi connectivity index (χ0v) is 16.5. The molecule has 0 saturated carbocycles. The quantitative estimate of drug-likeness (QED) is 0.321. The summed E-state index contributed by atoms with van der Waals surface area (Å²) < 4.78 is 7.63. The van der Waals surface area contributed by atoms with Gasteiger partial charge in [0.15, 0.2) is 10.1 Å². The van der Waals surface area contributed by atoms with E-state index in [1.54, 1.807) is 23.5 Å². The van der Waals surface area contributed by atoms with Crippen LogP contribution >= 0.6 is 23.1 Å². The smallest absolute Gasteiger partial charge is 0.176 e. The molecule has 28 heavy (non-hydrogen) atoms. The molecule has 4 nitrogen and oxygen atoms in total. The maximum absolute atomic E-state index is 12.5. The minimum Gasteiger partial charge on any atom is -0.507 e. The molecule has 6 heteroatoms. The number of carbonyl (C=O) groups excluding carboxylic acids is 1. The number of aromatic nitrogens is 1. The van der Waals surface area contributed by atoms with E-state index < -0.39 is 0 Å². The van der Waals surface area contributed by atoms with E-state index in [4.69, 9.17) is 4.74 Å². The number of rotatable bonds is 7. The number of carbonyl (C=O) groups is 1. The fourth-order valence-electron chi connectivity index (χ4n) is 2.70. The maximum Gasteiger partial charge on any atom is 0.176 e. The van der Waals surface area contributed by atoms with Gasteiger partial charge in [-0.2, -0.15) is 0 Å². The number of phenols is 1. The molecule has 0 bridgehead atoms. The van der Waals surface area contributed by atoms with E-state index in [1.807, 2.05) is 54.6 Å². The van der Waals surface area contributed by atoms with Crippen LogP contribution in [-0.4, -0.2) is 21.6 Å². The SMILES string of the molecule is O=C(CSc1nc2ccccc2s1)c1ccc(OCc2ccccc2)cc1O. The summed E-state index contributed by atoms with van der Waals surface area (Å²) >= 11 is 2.95. The van der Waals surface area contributed by atoms with Gasteiger partial charge in [-0.3, -0.25) is 4.79 Å². The molecule has 0 spiro atoms. The van der Waals surface area contributed by atoms with Crippen LogP contribution in [0.4, 0.5) is 0 Å². The third kappa shape index (κ3) is 4.35. The predicted octanol–water partition coefficient (Wildman–Crippen LogP) is 5.56. The van der Waals surface area contributed by atoms with Gasteiger partial charge in [-0.1, -0.05) is 54.2 Å². The van der Waals surface area contributed by atoms with Gasteiger partial charge in [0.25, 0.3) is 0 Å². The average Bonchev–Trinajstić information content (AvgIpc) is 3.14. The number of hydrogen-bond acceptors (Lipinski definition) is 6. The lowest BCUT2D eigenvalue weighted by atomic mass is 10.1. The number of thioether (sulfide) groups is 1. The molecule has 1 heterocycles. The molecule has 4 rings (SSSR count). The van der Waals surface area contributed by atoms with E-state index in [0.29, 0.717) is 17.9 Å². The van der Waals surface area contributed by atoms with Crippen molar-refractivity contribution in [1.29, 1.82) is 0 Å². The first-order valence-corrected chi connectivity index (χ1v) is 10.5. The maximum atomic E-state index is 12.5. The summed E-state index contributed by atoms with van der Waals surface area (Å²) in [6.45, 7) is 0.404. The number of Topliss-reactive ketones (excluding diaryl/α,β-unsaturated/α-hetero) is 1. The van der Waals surface area contributed by atoms with Crippen LogP contribution in [0.3, 0.4) is 0 Å². The molecule has 0 saturated heterocycles. The predicted molar refractivity (Wildman–Crippen MR) is 114 cm³/mol. The van der Waals surface area contributed by atoms with Crippen LogP contribution in [0, 0.1) is 0 Å². The number of aromatic hydroxyl groups is 1. The molecule has 0 aliphatic heterocycles. The van der Waals surface area contributed by atoms with Crippen LogP contribution in [-0.2, 0) is 6.61 Å². The fraction of sp³-hybridized carbons (Fsp3) is 0.0909. The number of hydrogen-bond donors (Lipinski definition) is 1. The summed E-state index contributed by atoms with van der Waals surface area (Å²) in [5.74, 6) is 0.533. The summed E-state index contributed by atoms with van der Waals surface area (Å²) in [5, 5.41) is 10.2. The molecule has 1 aromatic heterocycles. The van der Waals surface area contributed by atoms with Crippen molar-refractivity contribution in [3.63, 3.8) is 0 Å². The van der Waals surface area contributed by atoms with E-state index in [2.05, 4.69) is 4.98 Å². The lowest BCUT2D eigenvalue weighted by Crippen LogP contribution is -2.03. The Morgan fingerprint density at radius 3 is 2.61 bits per heavy atom. The average molecular weight is 408 g/mol. The third-order valence-corrected chi connectivity index (χ3v) is 6.30. The summed E-state index contributed by atoms with van der Waals surface area (Å²) in [7, 11) is 0. The molecule has 1 N–H and O–H groups in total. The molecule has 0 fully saturated rings. The van der Waals surface area contributed by atoms with Gasteiger partial charge in [-0.05, 0) is 29.8 Å². The second-order valence-electron chi connectivity index (χ2n) is 6.11. The lowest BCUT2D eigenvalue weighted by Gasteiger charge is -2.09. The normalized spacial score (nSPS) is 10.9. The van der Waals surface area contributed by atoms with Gasteiger partial charge in [0, 0.05) is 6.07 Å². The molecule has 0 aliphatic carbocycles. The van der Waals surface area contributed by atoms with E-state index in [1.165, 1.54) is 17.8 Å². The highest BCUT2D eigenvalue weighted by Gasteiger charge is 2.14. The topological polar surface area (TPSA) is 59.4 Å². The van der Waals surface area contributed by atoms with E-state index in [-0.39, 0.29) is 17.3 Å². The summed E-state index contributed by atoms with van der Waals surface area (Å²) in [4.78, 5) is 17.0. The van der Waals surface area contributed by atoms with Gasteiger partial charge < -0.3 is 9.84 Å². The van der Waals surface area contributed by atoms with Crippen LogP contribution in [0.25, 0.3) is 10.2 Å². The van der Waals surface area contributed by atoms with Crippen LogP contribution in [0.1, 0.15) is 15.9 Å². The number of para-hydroxylation sites is 1. The van der Waals surface area contributed by atoms with Gasteiger partial charge in [0.1, 0.15) is 18.1 Å². The van der Waals surface area contributed by atoms with E-state index in [0.717, 1.165) is 20.1 Å². The molecule has 0 unspecified atom stereocenters. The Morgan fingerprint density at radius 2 is 1.82 bits per heavy atom. The van der Waals surface area contributed by atoms with Crippen molar-refractivity contribution in [1.82, 2.24) is 4.98 Å². The van der Waals surface area contributed by atoms with Crippen LogP contribution in [0.2, 0.25) is 0 Å². The highest BCUT2D eigenvalue weighted by molar-refractivity contribution is 8.01. The number of thiazole rings is 1. The molecule has 0 radical (unpaired) electrons. The fourth-order valence-corrected chi connectivity index (χ4v) is 4.65. The van der Waals surface area contributed by atoms with Gasteiger partial charge >= 0.3 is 0 Å². The molecule has 0 aliphatic rings. The van der Waals surface area contributed by atoms with Crippen LogP contribution in [0.5, 0.6) is 11.5 Å². The van der Waals surface area contributed by atoms with Crippen LogP contribution in [0.15, 0.2) is 77.1 Å². The van der Waals surface area contributed by atoms with Gasteiger partial charge in [-0.15, -0.1) is 11.3 Å². The Hall–Kier alpha value is -2.83. The van der Waals surface area contributed by atoms with Crippen molar-refractivity contribution in [2.75, 3.05) is 5.75 Å². The van der Waals surface area contributed by atoms with Crippen molar-refractivity contribution in [3.05, 3.63) is 83.9 Å². The number of phenolic OH excluding ortho intramolecular Hbond substituents is 1. The minimum atomic E-state index is -0.142. The van der Waals surface area contributed by atoms with Gasteiger partial charge in [0.05, 0.1) is 21.5 Å². The van der Waals surface area contributed by atoms with E-state index in [9.17, 15) is 9.90 Å². The van der Waals surface area contributed by atoms with Crippen molar-refractivity contribution >= 4 is 39.1 Å². The van der Waals surface area contributed by atoms with Gasteiger partial charge in [-0.25, -0.2) is 4.98 Å². The Labute approximate surface area is 170 Å². The first-order chi connectivity index (χ1) is 13.7. The summed E-state index contributed by atoms with van der Waals surface area (Å²) in [5.41, 5.74) is 2.26. The second kappa shape index (κ2) is 8.46. The molecule has 0 atom stereocenters.